The second-order valence-electron chi connectivity index (χ2n) is 6.41. The fourth-order valence-corrected chi connectivity index (χ4v) is 3.63. The van der Waals surface area contributed by atoms with E-state index in [1.165, 1.54) is 0 Å². The highest BCUT2D eigenvalue weighted by molar-refractivity contribution is 6.06. The minimum absolute atomic E-state index is 0.414. The van der Waals surface area contributed by atoms with E-state index >= 15 is 0 Å². The third-order valence-electron chi connectivity index (χ3n) is 4.88. The Hall–Kier alpha value is -3.40. The number of aromatic nitrogens is 2. The summed E-state index contributed by atoms with van der Waals surface area (Å²) in [5.74, 6) is 0. The lowest BCUT2D eigenvalue weighted by atomic mass is 9.89. The number of hydrogen-bond donors (Lipinski definition) is 2. The molecular weight excluding hydrogens is 312 g/mol. The number of benzene rings is 2. The minimum Gasteiger partial charge on any atom is -0.361 e. The lowest BCUT2D eigenvalue weighted by Gasteiger charge is -2.10. The summed E-state index contributed by atoms with van der Waals surface area (Å²) < 4.78 is 0. The van der Waals surface area contributed by atoms with Crippen molar-refractivity contribution in [2.45, 2.75) is 6.92 Å². The van der Waals surface area contributed by atoms with E-state index in [2.05, 4.69) is 9.97 Å². The number of H-pyrrole nitrogens is 2. The van der Waals surface area contributed by atoms with E-state index in [-0.39, 0.29) is 0 Å². The maximum Gasteiger partial charge on any atom is 0.235 e. The number of nitrogens with one attached hydrogen (secondary N) is 2. The van der Waals surface area contributed by atoms with Gasteiger partial charge in [-0.15, -0.1) is 0 Å². The highest BCUT2D eigenvalue weighted by Gasteiger charge is 2.27. The maximum atomic E-state index is 12.4. The Balaban J connectivity index is 1.82. The molecule has 2 heterocycles. The molecule has 3 aromatic carbocycles. The molecule has 0 saturated heterocycles. The van der Waals surface area contributed by atoms with Gasteiger partial charge in [-0.25, -0.2) is 0 Å². The van der Waals surface area contributed by atoms with Crippen molar-refractivity contribution in [2.75, 3.05) is 0 Å². The van der Waals surface area contributed by atoms with Crippen LogP contribution in [-0.2, 0) is 0 Å². The van der Waals surface area contributed by atoms with Crippen LogP contribution in [0.15, 0.2) is 64.4 Å². The largest absolute Gasteiger partial charge is 0.361 e. The van der Waals surface area contributed by atoms with Crippen molar-refractivity contribution in [1.29, 1.82) is 0 Å². The zero-order chi connectivity index (χ0) is 17.1. The van der Waals surface area contributed by atoms with Gasteiger partial charge >= 0.3 is 0 Å². The van der Waals surface area contributed by atoms with Crippen molar-refractivity contribution < 1.29 is 0 Å². The maximum absolute atomic E-state index is 12.4. The normalized spacial score (nSPS) is 11.7. The summed E-state index contributed by atoms with van der Waals surface area (Å²) >= 11 is 0. The Morgan fingerprint density at radius 1 is 0.720 bits per heavy atom. The van der Waals surface area contributed by atoms with E-state index in [1.54, 1.807) is 0 Å². The van der Waals surface area contributed by atoms with Crippen LogP contribution in [-0.4, -0.2) is 9.97 Å². The Kier molecular flexibility index (Phi) is 2.69. The third kappa shape index (κ3) is 1.82. The molecule has 0 spiro atoms. The van der Waals surface area contributed by atoms with Gasteiger partial charge in [0, 0.05) is 56.5 Å². The lowest BCUT2D eigenvalue weighted by Crippen LogP contribution is -2.34. The molecule has 0 saturated carbocycles. The average Bonchev–Trinajstić information content (AvgIpc) is 3.22. The predicted octanol–water partition coefficient (Wildman–Crippen LogP) is 3.89. The lowest BCUT2D eigenvalue weighted by molar-refractivity contribution is 1.39. The molecule has 25 heavy (non-hydrogen) atoms. The minimum atomic E-state index is -0.415. The first-order chi connectivity index (χ1) is 12.1. The smallest absolute Gasteiger partial charge is 0.235 e. The summed E-state index contributed by atoms with van der Waals surface area (Å²) in [5.41, 5.74) is 4.78. The summed E-state index contributed by atoms with van der Waals surface area (Å²) in [4.78, 5) is 31.2. The zero-order valence-corrected chi connectivity index (χ0v) is 13.5. The summed E-state index contributed by atoms with van der Waals surface area (Å²) in [7, 11) is 0. The Morgan fingerprint density at radius 2 is 1.32 bits per heavy atom. The molecule has 0 amide bonds. The summed E-state index contributed by atoms with van der Waals surface area (Å²) in [6.45, 7) is 2.01. The molecule has 0 bridgehead atoms. The molecule has 0 unspecified atom stereocenters. The first kappa shape index (κ1) is 14.0. The van der Waals surface area contributed by atoms with Crippen LogP contribution in [0.5, 0.6) is 0 Å². The predicted molar refractivity (Wildman–Crippen MR) is 101 cm³/mol. The molecule has 2 aromatic heterocycles. The average molecular weight is 326 g/mol. The zero-order valence-electron chi connectivity index (χ0n) is 13.5. The third-order valence-corrected chi connectivity index (χ3v) is 4.88. The Morgan fingerprint density at radius 3 is 2.04 bits per heavy atom. The SMILES string of the molecule is Cc1ccc2[nH]cc(-c3c(-c4c[nH]c5ccccc45)c(=O)c3=O)c2c1. The topological polar surface area (TPSA) is 65.7 Å². The van der Waals surface area contributed by atoms with E-state index in [4.69, 9.17) is 0 Å². The van der Waals surface area contributed by atoms with Gasteiger partial charge in [-0.05, 0) is 25.1 Å². The molecule has 5 aromatic rings. The number of rotatable bonds is 2. The Bertz CT molecular complexity index is 1340. The molecule has 0 atom stereocenters. The van der Waals surface area contributed by atoms with Crippen LogP contribution in [0.2, 0.25) is 0 Å². The van der Waals surface area contributed by atoms with Gasteiger partial charge < -0.3 is 9.97 Å². The van der Waals surface area contributed by atoms with Gasteiger partial charge in [-0.1, -0.05) is 29.8 Å². The molecule has 5 rings (SSSR count). The van der Waals surface area contributed by atoms with Gasteiger partial charge in [0.15, 0.2) is 0 Å². The fraction of sp³-hybridized carbons (Fsp3) is 0.0476. The molecule has 0 aliphatic heterocycles. The van der Waals surface area contributed by atoms with Crippen LogP contribution in [0.3, 0.4) is 0 Å². The first-order valence-corrected chi connectivity index (χ1v) is 8.13. The molecule has 0 radical (unpaired) electrons. The number of aryl methyl sites for hydroxylation is 1. The van der Waals surface area contributed by atoms with Crippen molar-refractivity contribution in [3.63, 3.8) is 0 Å². The first-order valence-electron chi connectivity index (χ1n) is 8.13. The summed E-state index contributed by atoms with van der Waals surface area (Å²) in [6.07, 6.45) is 3.63. The molecule has 4 heteroatoms. The molecule has 0 fully saturated rings. The molecule has 0 aliphatic rings. The van der Waals surface area contributed by atoms with Gasteiger partial charge in [0.1, 0.15) is 0 Å². The van der Waals surface area contributed by atoms with Gasteiger partial charge in [0.25, 0.3) is 0 Å². The van der Waals surface area contributed by atoms with Crippen molar-refractivity contribution in [1.82, 2.24) is 9.97 Å². The van der Waals surface area contributed by atoms with Crippen molar-refractivity contribution in [2.24, 2.45) is 0 Å². The van der Waals surface area contributed by atoms with E-state index in [0.29, 0.717) is 11.1 Å². The van der Waals surface area contributed by atoms with Crippen LogP contribution in [0.25, 0.3) is 44.1 Å². The monoisotopic (exact) mass is 326 g/mol. The molecular formula is C21H14N2O2. The number of aromatic amines is 2. The van der Waals surface area contributed by atoms with Gasteiger partial charge in [-0.2, -0.15) is 0 Å². The van der Waals surface area contributed by atoms with Gasteiger partial charge in [-0.3, -0.25) is 9.59 Å². The standard InChI is InChI=1S/C21H14N2O2/c1-11-6-7-17-13(8-11)15(10-23-17)19-18(20(24)21(19)25)14-9-22-16-5-3-2-4-12(14)16/h2-10,22-23H,1H3. The number of fused-ring (bicyclic) bond motifs is 2. The molecule has 120 valence electrons. The second-order valence-corrected chi connectivity index (χ2v) is 6.41. The Labute approximate surface area is 142 Å². The van der Waals surface area contributed by atoms with Crippen LogP contribution < -0.4 is 10.9 Å². The molecule has 2 N–H and O–H groups in total. The van der Waals surface area contributed by atoms with E-state index in [0.717, 1.165) is 38.5 Å². The van der Waals surface area contributed by atoms with Crippen LogP contribution in [0.4, 0.5) is 0 Å². The van der Waals surface area contributed by atoms with Crippen LogP contribution in [0, 0.1) is 6.92 Å². The van der Waals surface area contributed by atoms with Crippen molar-refractivity contribution in [3.05, 3.63) is 80.9 Å². The highest BCUT2D eigenvalue weighted by atomic mass is 16.2. The van der Waals surface area contributed by atoms with Crippen LogP contribution in [0.1, 0.15) is 5.56 Å². The van der Waals surface area contributed by atoms with E-state index in [1.807, 2.05) is 61.8 Å². The summed E-state index contributed by atoms with van der Waals surface area (Å²) in [6, 6.07) is 13.8. The second kappa shape index (κ2) is 4.80. The van der Waals surface area contributed by atoms with E-state index < -0.39 is 10.9 Å². The summed E-state index contributed by atoms with van der Waals surface area (Å²) in [5, 5.41) is 1.92. The van der Waals surface area contributed by atoms with Crippen molar-refractivity contribution in [3.8, 4) is 22.3 Å². The van der Waals surface area contributed by atoms with Gasteiger partial charge in [0.05, 0.1) is 0 Å². The van der Waals surface area contributed by atoms with E-state index in [9.17, 15) is 9.59 Å². The van der Waals surface area contributed by atoms with Crippen LogP contribution >= 0.6 is 0 Å². The van der Waals surface area contributed by atoms with Gasteiger partial charge in [0.2, 0.25) is 10.9 Å². The molecule has 4 nitrogen and oxygen atoms in total. The molecule has 0 aliphatic carbocycles. The number of hydrogen-bond acceptors (Lipinski definition) is 2. The quantitative estimate of drug-likeness (QED) is 0.483. The highest BCUT2D eigenvalue weighted by Crippen LogP contribution is 2.36. The fourth-order valence-electron chi connectivity index (χ4n) is 3.63. The number of para-hydroxylation sites is 1. The van der Waals surface area contributed by atoms with Crippen molar-refractivity contribution >= 4 is 21.8 Å².